The van der Waals surface area contributed by atoms with Crippen molar-refractivity contribution in [3.8, 4) is 0 Å². The molecule has 1 aliphatic heterocycles. The molecule has 1 atom stereocenters. The summed E-state index contributed by atoms with van der Waals surface area (Å²) in [5.74, 6) is 0. The van der Waals surface area contributed by atoms with Crippen molar-refractivity contribution < 1.29 is 0 Å². The molecule has 1 aliphatic rings. The van der Waals surface area contributed by atoms with Crippen molar-refractivity contribution in [2.45, 2.75) is 18.9 Å². The van der Waals surface area contributed by atoms with Gasteiger partial charge < -0.3 is 15.5 Å². The van der Waals surface area contributed by atoms with E-state index >= 15 is 0 Å². The summed E-state index contributed by atoms with van der Waals surface area (Å²) in [6.45, 7) is 4.10. The summed E-state index contributed by atoms with van der Waals surface area (Å²) in [7, 11) is 4.40. The highest BCUT2D eigenvalue weighted by atomic mass is 15.2. The van der Waals surface area contributed by atoms with Crippen LogP contribution in [-0.4, -0.2) is 56.1 Å². The second-order valence-electron chi connectivity index (χ2n) is 4.20. The lowest BCUT2D eigenvalue weighted by Crippen LogP contribution is -2.36. The third-order valence-corrected chi connectivity index (χ3v) is 2.91. The van der Waals surface area contributed by atoms with Crippen molar-refractivity contribution >= 4 is 0 Å². The van der Waals surface area contributed by atoms with E-state index in [1.54, 1.807) is 0 Å². The van der Waals surface area contributed by atoms with Gasteiger partial charge in [0.05, 0.1) is 0 Å². The highest BCUT2D eigenvalue weighted by molar-refractivity contribution is 4.86. The number of likely N-dealkylation sites (N-methyl/N-ethyl adjacent to an activating group) is 2. The highest BCUT2D eigenvalue weighted by Gasteiger charge is 2.21. The average Bonchev–Trinajstić information content (AvgIpc) is 2.52. The second-order valence-corrected chi connectivity index (χ2v) is 4.20. The van der Waals surface area contributed by atoms with Gasteiger partial charge >= 0.3 is 0 Å². The maximum atomic E-state index is 5.39. The quantitative estimate of drug-likeness (QED) is 0.653. The van der Waals surface area contributed by atoms with Crippen LogP contribution in [0.1, 0.15) is 12.8 Å². The largest absolute Gasteiger partial charge is 0.327 e. The molecule has 0 aromatic rings. The smallest absolute Gasteiger partial charge is 0.0220 e. The lowest BCUT2D eigenvalue weighted by Gasteiger charge is -2.24. The normalized spacial score (nSPS) is 24.1. The molecule has 3 heteroatoms. The fourth-order valence-corrected chi connectivity index (χ4v) is 1.99. The molecule has 0 aliphatic carbocycles. The van der Waals surface area contributed by atoms with Gasteiger partial charge in [0.15, 0.2) is 0 Å². The fraction of sp³-hybridized carbons (Fsp3) is 0.818. The number of hydrogen-bond acceptors (Lipinski definition) is 3. The topological polar surface area (TPSA) is 32.5 Å². The van der Waals surface area contributed by atoms with Crippen molar-refractivity contribution in [2.24, 2.45) is 5.73 Å². The van der Waals surface area contributed by atoms with Gasteiger partial charge in [-0.25, -0.2) is 0 Å². The molecule has 1 fully saturated rings. The summed E-state index contributed by atoms with van der Waals surface area (Å²) in [5, 5.41) is 0. The van der Waals surface area contributed by atoms with E-state index in [-0.39, 0.29) is 0 Å². The summed E-state index contributed by atoms with van der Waals surface area (Å²) in [5.41, 5.74) is 5.39. The van der Waals surface area contributed by atoms with Gasteiger partial charge in [-0.2, -0.15) is 0 Å². The molecular weight excluding hydrogens is 174 g/mol. The van der Waals surface area contributed by atoms with Crippen LogP contribution < -0.4 is 5.73 Å². The van der Waals surface area contributed by atoms with Crippen molar-refractivity contribution in [1.82, 2.24) is 9.80 Å². The van der Waals surface area contributed by atoms with Crippen LogP contribution in [0.3, 0.4) is 0 Å². The first-order valence-electron chi connectivity index (χ1n) is 5.48. The van der Waals surface area contributed by atoms with Gasteiger partial charge in [0.1, 0.15) is 0 Å². The molecule has 0 bridgehead atoms. The van der Waals surface area contributed by atoms with E-state index in [0.717, 1.165) is 12.6 Å². The predicted octanol–water partition coefficient (Wildman–Crippen LogP) is 0.527. The Morgan fingerprint density at radius 3 is 2.86 bits per heavy atom. The van der Waals surface area contributed by atoms with Crippen molar-refractivity contribution in [1.29, 1.82) is 0 Å². The Bertz CT molecular complexity index is 179. The van der Waals surface area contributed by atoms with Crippen LogP contribution in [0.4, 0.5) is 0 Å². The molecule has 1 rings (SSSR count). The van der Waals surface area contributed by atoms with Crippen LogP contribution in [0.5, 0.6) is 0 Å². The van der Waals surface area contributed by atoms with E-state index in [1.807, 2.05) is 6.08 Å². The van der Waals surface area contributed by atoms with E-state index < -0.39 is 0 Å². The molecule has 1 heterocycles. The number of likely N-dealkylation sites (tertiary alicyclic amines) is 1. The Labute approximate surface area is 87.6 Å². The van der Waals surface area contributed by atoms with Crippen LogP contribution in [0.25, 0.3) is 0 Å². The Balaban J connectivity index is 2.19. The minimum Gasteiger partial charge on any atom is -0.327 e. The zero-order chi connectivity index (χ0) is 10.4. The molecule has 82 valence electrons. The van der Waals surface area contributed by atoms with Crippen molar-refractivity contribution in [2.75, 3.05) is 40.3 Å². The number of nitrogens with zero attached hydrogens (tertiary/aromatic N) is 2. The van der Waals surface area contributed by atoms with E-state index in [4.69, 9.17) is 5.73 Å². The number of nitrogens with two attached hydrogens (primary N) is 1. The van der Waals surface area contributed by atoms with Crippen molar-refractivity contribution in [3.63, 3.8) is 0 Å². The zero-order valence-corrected chi connectivity index (χ0v) is 9.45. The third-order valence-electron chi connectivity index (χ3n) is 2.91. The molecule has 0 aromatic carbocycles. The van der Waals surface area contributed by atoms with Crippen LogP contribution in [0.15, 0.2) is 12.2 Å². The van der Waals surface area contributed by atoms with E-state index in [2.05, 4.69) is 30.0 Å². The second kappa shape index (κ2) is 6.17. The Hall–Kier alpha value is -0.380. The van der Waals surface area contributed by atoms with Crippen molar-refractivity contribution in [3.05, 3.63) is 12.2 Å². The van der Waals surface area contributed by atoms with Gasteiger partial charge in [-0.3, -0.25) is 0 Å². The molecule has 0 radical (unpaired) electrons. The monoisotopic (exact) mass is 197 g/mol. The number of rotatable bonds is 5. The standard InChI is InChI=1S/C11H23N3/c1-13(8-4-3-7-12)10-11-6-5-9-14(11)2/h3-4,11H,5-10,12H2,1-2H3. The molecular formula is C11H23N3. The van der Waals surface area contributed by atoms with Gasteiger partial charge in [0.25, 0.3) is 0 Å². The molecule has 0 spiro atoms. The minimum atomic E-state index is 0.650. The lowest BCUT2D eigenvalue weighted by atomic mass is 10.2. The summed E-state index contributed by atoms with van der Waals surface area (Å²) in [6.07, 6.45) is 6.87. The Morgan fingerprint density at radius 1 is 1.50 bits per heavy atom. The summed E-state index contributed by atoms with van der Waals surface area (Å²) >= 11 is 0. The molecule has 1 saturated heterocycles. The predicted molar refractivity (Wildman–Crippen MR) is 61.3 cm³/mol. The third kappa shape index (κ3) is 3.78. The van der Waals surface area contributed by atoms with Gasteiger partial charge in [-0.05, 0) is 33.5 Å². The van der Waals surface area contributed by atoms with Gasteiger partial charge in [-0.1, -0.05) is 12.2 Å². The lowest BCUT2D eigenvalue weighted by molar-refractivity contribution is 0.232. The van der Waals surface area contributed by atoms with Gasteiger partial charge in [-0.15, -0.1) is 0 Å². The highest BCUT2D eigenvalue weighted by Crippen LogP contribution is 2.15. The molecule has 0 amide bonds. The molecule has 14 heavy (non-hydrogen) atoms. The van der Waals surface area contributed by atoms with Crippen LogP contribution in [0.2, 0.25) is 0 Å². The zero-order valence-electron chi connectivity index (χ0n) is 9.45. The molecule has 2 N–H and O–H groups in total. The maximum absolute atomic E-state index is 5.39. The maximum Gasteiger partial charge on any atom is 0.0220 e. The first-order valence-corrected chi connectivity index (χ1v) is 5.48. The van der Waals surface area contributed by atoms with Gasteiger partial charge in [0, 0.05) is 25.7 Å². The molecule has 0 saturated carbocycles. The summed E-state index contributed by atoms with van der Waals surface area (Å²) in [6, 6.07) is 0.756. The first-order chi connectivity index (χ1) is 6.74. The van der Waals surface area contributed by atoms with E-state index in [9.17, 15) is 0 Å². The van der Waals surface area contributed by atoms with Crippen LogP contribution >= 0.6 is 0 Å². The molecule has 3 nitrogen and oxygen atoms in total. The Kier molecular flexibility index (Phi) is 5.15. The van der Waals surface area contributed by atoms with Crippen LogP contribution in [-0.2, 0) is 0 Å². The number of hydrogen-bond donors (Lipinski definition) is 1. The SMILES string of the molecule is CN(CC=CCN)CC1CCCN1C. The summed E-state index contributed by atoms with van der Waals surface area (Å²) in [4.78, 5) is 4.82. The summed E-state index contributed by atoms with van der Waals surface area (Å²) < 4.78 is 0. The van der Waals surface area contributed by atoms with Gasteiger partial charge in [0.2, 0.25) is 0 Å². The van der Waals surface area contributed by atoms with Crippen LogP contribution in [0, 0.1) is 0 Å². The molecule has 0 aromatic heterocycles. The van der Waals surface area contributed by atoms with E-state index in [0.29, 0.717) is 6.54 Å². The average molecular weight is 197 g/mol. The first kappa shape index (κ1) is 11.7. The van der Waals surface area contributed by atoms with E-state index in [1.165, 1.54) is 25.9 Å². The Morgan fingerprint density at radius 2 is 2.29 bits per heavy atom. The minimum absolute atomic E-state index is 0.650. The fourth-order valence-electron chi connectivity index (χ4n) is 1.99. The molecule has 1 unspecified atom stereocenters.